The number of hydrogen-bond acceptors (Lipinski definition) is 3. The highest BCUT2D eigenvalue weighted by Gasteiger charge is 2.02. The highest BCUT2D eigenvalue weighted by molar-refractivity contribution is 4.53. The highest BCUT2D eigenvalue weighted by Crippen LogP contribution is 2.02. The van der Waals surface area contributed by atoms with Crippen LogP contribution in [0.5, 0.6) is 0 Å². The molecule has 0 aliphatic carbocycles. The summed E-state index contributed by atoms with van der Waals surface area (Å²) < 4.78 is 10.4. The molecule has 80 valence electrons. The first-order valence-corrected chi connectivity index (χ1v) is 4.99. The third-order valence-corrected chi connectivity index (χ3v) is 1.96. The summed E-state index contributed by atoms with van der Waals surface area (Å²) in [4.78, 5) is 0. The summed E-state index contributed by atoms with van der Waals surface area (Å²) in [6, 6.07) is 0. The molecule has 0 amide bonds. The van der Waals surface area contributed by atoms with Gasteiger partial charge in [0.25, 0.3) is 0 Å². The van der Waals surface area contributed by atoms with Gasteiger partial charge in [-0.2, -0.15) is 0 Å². The molecule has 0 aromatic carbocycles. The average molecular weight is 190 g/mol. The highest BCUT2D eigenvalue weighted by atomic mass is 16.5. The molecular formula is C10H22O3. The van der Waals surface area contributed by atoms with Crippen molar-refractivity contribution in [3.05, 3.63) is 0 Å². The van der Waals surface area contributed by atoms with Gasteiger partial charge in [0.2, 0.25) is 0 Å². The summed E-state index contributed by atoms with van der Waals surface area (Å²) in [5.74, 6) is 0. The van der Waals surface area contributed by atoms with E-state index in [1.165, 1.54) is 0 Å². The molecule has 3 nitrogen and oxygen atoms in total. The SMILES string of the molecule is CCC(O)CCCOC(C)COC. The average Bonchev–Trinajstić information content (AvgIpc) is 2.12. The molecule has 0 aliphatic heterocycles. The summed E-state index contributed by atoms with van der Waals surface area (Å²) >= 11 is 0. The van der Waals surface area contributed by atoms with E-state index < -0.39 is 0 Å². The first-order valence-electron chi connectivity index (χ1n) is 4.99. The van der Waals surface area contributed by atoms with E-state index in [2.05, 4.69) is 0 Å². The fourth-order valence-corrected chi connectivity index (χ4v) is 1.09. The standard InChI is InChI=1S/C10H22O3/c1-4-10(11)6-5-7-13-9(2)8-12-3/h9-11H,4-8H2,1-3H3. The minimum atomic E-state index is -0.165. The van der Waals surface area contributed by atoms with Gasteiger partial charge in [-0.25, -0.2) is 0 Å². The molecule has 13 heavy (non-hydrogen) atoms. The number of rotatable bonds is 8. The Morgan fingerprint density at radius 1 is 1.38 bits per heavy atom. The Balaban J connectivity index is 3.15. The molecule has 0 fully saturated rings. The van der Waals surface area contributed by atoms with Crippen LogP contribution < -0.4 is 0 Å². The van der Waals surface area contributed by atoms with Crippen LogP contribution in [0.4, 0.5) is 0 Å². The van der Waals surface area contributed by atoms with Gasteiger partial charge in [0.1, 0.15) is 0 Å². The second-order valence-electron chi connectivity index (χ2n) is 3.34. The van der Waals surface area contributed by atoms with Crippen LogP contribution in [0.15, 0.2) is 0 Å². The van der Waals surface area contributed by atoms with E-state index in [-0.39, 0.29) is 12.2 Å². The Morgan fingerprint density at radius 3 is 2.62 bits per heavy atom. The third-order valence-electron chi connectivity index (χ3n) is 1.96. The minimum absolute atomic E-state index is 0.156. The third kappa shape index (κ3) is 8.22. The van der Waals surface area contributed by atoms with Gasteiger partial charge in [0.05, 0.1) is 18.8 Å². The first kappa shape index (κ1) is 12.9. The monoisotopic (exact) mass is 190 g/mol. The molecule has 2 atom stereocenters. The molecule has 1 N–H and O–H groups in total. The molecule has 3 heteroatoms. The molecule has 0 saturated heterocycles. The van der Waals surface area contributed by atoms with E-state index in [9.17, 15) is 5.11 Å². The summed E-state index contributed by atoms with van der Waals surface area (Å²) in [7, 11) is 1.67. The second-order valence-corrected chi connectivity index (χ2v) is 3.34. The predicted molar refractivity (Wildman–Crippen MR) is 52.8 cm³/mol. The maximum Gasteiger partial charge on any atom is 0.0780 e. The summed E-state index contributed by atoms with van der Waals surface area (Å²) in [6.45, 7) is 5.32. The smallest absolute Gasteiger partial charge is 0.0780 e. The molecular weight excluding hydrogens is 168 g/mol. The van der Waals surface area contributed by atoms with Gasteiger partial charge in [-0.05, 0) is 26.2 Å². The zero-order chi connectivity index (χ0) is 10.1. The van der Waals surface area contributed by atoms with Gasteiger partial charge in [0, 0.05) is 13.7 Å². The van der Waals surface area contributed by atoms with E-state index in [4.69, 9.17) is 9.47 Å². The maximum atomic E-state index is 9.25. The van der Waals surface area contributed by atoms with Crippen LogP contribution in [0, 0.1) is 0 Å². The molecule has 0 rings (SSSR count). The van der Waals surface area contributed by atoms with Crippen LogP contribution in [-0.4, -0.2) is 37.6 Å². The molecule has 0 radical (unpaired) electrons. The fraction of sp³-hybridized carbons (Fsp3) is 1.00. The summed E-state index contributed by atoms with van der Waals surface area (Å²) in [6.07, 6.45) is 2.57. The lowest BCUT2D eigenvalue weighted by Crippen LogP contribution is -2.16. The lowest BCUT2D eigenvalue weighted by molar-refractivity contribution is 0.00416. The van der Waals surface area contributed by atoms with Crippen LogP contribution >= 0.6 is 0 Å². The van der Waals surface area contributed by atoms with Crippen molar-refractivity contribution in [2.45, 2.75) is 45.3 Å². The van der Waals surface area contributed by atoms with Crippen LogP contribution in [0.3, 0.4) is 0 Å². The molecule has 0 bridgehead atoms. The van der Waals surface area contributed by atoms with Crippen LogP contribution in [0.2, 0.25) is 0 Å². The topological polar surface area (TPSA) is 38.7 Å². The van der Waals surface area contributed by atoms with Crippen molar-refractivity contribution in [3.63, 3.8) is 0 Å². The van der Waals surface area contributed by atoms with E-state index in [0.29, 0.717) is 13.2 Å². The second kappa shape index (κ2) is 8.48. The van der Waals surface area contributed by atoms with Crippen LogP contribution in [-0.2, 0) is 9.47 Å². The first-order chi connectivity index (χ1) is 6.20. The summed E-state index contributed by atoms with van der Waals surface area (Å²) in [5.41, 5.74) is 0. The quantitative estimate of drug-likeness (QED) is 0.591. The van der Waals surface area contributed by atoms with Crippen LogP contribution in [0.1, 0.15) is 33.1 Å². The van der Waals surface area contributed by atoms with Crippen molar-refractivity contribution in [3.8, 4) is 0 Å². The Kier molecular flexibility index (Phi) is 8.40. The van der Waals surface area contributed by atoms with Gasteiger partial charge in [-0.1, -0.05) is 6.92 Å². The lowest BCUT2D eigenvalue weighted by Gasteiger charge is -2.12. The Morgan fingerprint density at radius 2 is 2.08 bits per heavy atom. The molecule has 0 aliphatic rings. The van der Waals surface area contributed by atoms with Gasteiger partial charge in [-0.3, -0.25) is 0 Å². The van der Waals surface area contributed by atoms with Crippen molar-refractivity contribution in [1.29, 1.82) is 0 Å². The molecule has 0 aromatic heterocycles. The summed E-state index contributed by atoms with van der Waals surface area (Å²) in [5, 5.41) is 9.25. The minimum Gasteiger partial charge on any atom is -0.393 e. The van der Waals surface area contributed by atoms with Crippen LogP contribution in [0.25, 0.3) is 0 Å². The lowest BCUT2D eigenvalue weighted by atomic mass is 10.1. The zero-order valence-electron chi connectivity index (χ0n) is 8.95. The molecule has 2 unspecified atom stereocenters. The molecule has 0 saturated carbocycles. The van der Waals surface area contributed by atoms with Crippen molar-refractivity contribution in [2.75, 3.05) is 20.3 Å². The maximum absolute atomic E-state index is 9.25. The Labute approximate surface area is 81.0 Å². The van der Waals surface area contributed by atoms with Gasteiger partial charge < -0.3 is 14.6 Å². The Bertz CT molecular complexity index is 106. The van der Waals surface area contributed by atoms with Crippen molar-refractivity contribution >= 4 is 0 Å². The number of aliphatic hydroxyl groups excluding tert-OH is 1. The fourth-order valence-electron chi connectivity index (χ4n) is 1.09. The molecule has 0 heterocycles. The van der Waals surface area contributed by atoms with E-state index >= 15 is 0 Å². The van der Waals surface area contributed by atoms with Gasteiger partial charge >= 0.3 is 0 Å². The van der Waals surface area contributed by atoms with Crippen molar-refractivity contribution in [2.24, 2.45) is 0 Å². The largest absolute Gasteiger partial charge is 0.393 e. The van der Waals surface area contributed by atoms with E-state index in [1.807, 2.05) is 13.8 Å². The Hall–Kier alpha value is -0.120. The van der Waals surface area contributed by atoms with Gasteiger partial charge in [0.15, 0.2) is 0 Å². The number of methoxy groups -OCH3 is 1. The number of aliphatic hydroxyl groups is 1. The number of hydrogen-bond donors (Lipinski definition) is 1. The van der Waals surface area contributed by atoms with Crippen molar-refractivity contribution < 1.29 is 14.6 Å². The van der Waals surface area contributed by atoms with Gasteiger partial charge in [-0.15, -0.1) is 0 Å². The predicted octanol–water partition coefficient (Wildman–Crippen LogP) is 1.59. The molecule has 0 aromatic rings. The normalized spacial score (nSPS) is 15.7. The van der Waals surface area contributed by atoms with E-state index in [0.717, 1.165) is 19.3 Å². The van der Waals surface area contributed by atoms with Crippen molar-refractivity contribution in [1.82, 2.24) is 0 Å². The molecule has 0 spiro atoms. The zero-order valence-corrected chi connectivity index (χ0v) is 8.95. The number of ether oxygens (including phenoxy) is 2. The van der Waals surface area contributed by atoms with E-state index in [1.54, 1.807) is 7.11 Å².